The SMILES string of the molecule is CC1C2(c3ccc(F)cc3)OC(=N)C1(C#N)C(C#N)(C#N)C(c1ccc(N(C)C)cc1)O2. The summed E-state index contributed by atoms with van der Waals surface area (Å²) in [6, 6.07) is 18.6. The first-order chi connectivity index (χ1) is 15.2. The Bertz CT molecular complexity index is 1190. The van der Waals surface area contributed by atoms with E-state index in [2.05, 4.69) is 6.07 Å². The normalized spacial score (nSPS) is 29.8. The molecule has 32 heavy (non-hydrogen) atoms. The van der Waals surface area contributed by atoms with E-state index >= 15 is 0 Å². The van der Waals surface area contributed by atoms with Gasteiger partial charge in [-0.2, -0.15) is 15.8 Å². The predicted octanol–water partition coefficient (Wildman–Crippen LogP) is 4.00. The fraction of sp³-hybridized carbons (Fsp3) is 0.333. The van der Waals surface area contributed by atoms with Crippen molar-refractivity contribution in [2.45, 2.75) is 18.8 Å². The largest absolute Gasteiger partial charge is 0.443 e. The lowest BCUT2D eigenvalue weighted by Gasteiger charge is -2.48. The van der Waals surface area contributed by atoms with E-state index in [0.29, 0.717) is 11.1 Å². The van der Waals surface area contributed by atoms with Gasteiger partial charge in [-0.3, -0.25) is 5.41 Å². The zero-order chi connectivity index (χ0) is 23.3. The summed E-state index contributed by atoms with van der Waals surface area (Å²) < 4.78 is 25.9. The Morgan fingerprint density at radius 1 is 0.969 bits per heavy atom. The number of halogens is 1. The van der Waals surface area contributed by atoms with Crippen molar-refractivity contribution < 1.29 is 13.9 Å². The third-order valence-corrected chi connectivity index (χ3v) is 6.63. The Hall–Kier alpha value is -3.93. The molecule has 2 heterocycles. The van der Waals surface area contributed by atoms with Crippen molar-refractivity contribution in [3.63, 3.8) is 0 Å². The minimum Gasteiger partial charge on any atom is -0.443 e. The fourth-order valence-corrected chi connectivity index (χ4v) is 4.80. The lowest BCUT2D eigenvalue weighted by Crippen LogP contribution is -2.57. The smallest absolute Gasteiger partial charge is 0.244 e. The summed E-state index contributed by atoms with van der Waals surface area (Å²) in [5.74, 6) is -3.50. The lowest BCUT2D eigenvalue weighted by atomic mass is 9.53. The Balaban J connectivity index is 1.99. The van der Waals surface area contributed by atoms with Crippen LogP contribution >= 0.6 is 0 Å². The van der Waals surface area contributed by atoms with Crippen LogP contribution in [0.25, 0.3) is 0 Å². The topological polar surface area (TPSA) is 117 Å². The summed E-state index contributed by atoms with van der Waals surface area (Å²) in [7, 11) is 3.76. The highest BCUT2D eigenvalue weighted by atomic mass is 19.1. The molecule has 7 nitrogen and oxygen atoms in total. The van der Waals surface area contributed by atoms with E-state index in [1.807, 2.05) is 43.3 Å². The van der Waals surface area contributed by atoms with Crippen LogP contribution in [0.3, 0.4) is 0 Å². The zero-order valence-corrected chi connectivity index (χ0v) is 17.8. The summed E-state index contributed by atoms with van der Waals surface area (Å²) in [5.41, 5.74) is -2.15. The molecule has 4 unspecified atom stereocenters. The molecule has 2 aliphatic heterocycles. The maximum Gasteiger partial charge on any atom is 0.244 e. The van der Waals surface area contributed by atoms with Crippen LogP contribution in [-0.4, -0.2) is 20.0 Å². The monoisotopic (exact) mass is 429 g/mol. The molecule has 0 aromatic heterocycles. The van der Waals surface area contributed by atoms with E-state index in [1.54, 1.807) is 19.1 Å². The summed E-state index contributed by atoms with van der Waals surface area (Å²) >= 11 is 0. The maximum atomic E-state index is 13.6. The van der Waals surface area contributed by atoms with E-state index in [-0.39, 0.29) is 0 Å². The molecule has 1 N–H and O–H groups in total. The highest BCUT2D eigenvalue weighted by Gasteiger charge is 2.79. The average molecular weight is 429 g/mol. The van der Waals surface area contributed by atoms with Crippen molar-refractivity contribution in [3.05, 3.63) is 65.5 Å². The molecule has 0 radical (unpaired) electrons. The van der Waals surface area contributed by atoms with Crippen LogP contribution < -0.4 is 4.90 Å². The molecule has 2 saturated heterocycles. The quantitative estimate of drug-likeness (QED) is 0.788. The number of hydrogen-bond donors (Lipinski definition) is 1. The van der Waals surface area contributed by atoms with E-state index < -0.39 is 40.4 Å². The minimum absolute atomic E-state index is 0.396. The van der Waals surface area contributed by atoms with E-state index in [9.17, 15) is 20.2 Å². The van der Waals surface area contributed by atoms with Gasteiger partial charge in [0.2, 0.25) is 17.1 Å². The Morgan fingerprint density at radius 3 is 2.06 bits per heavy atom. The number of anilines is 1. The summed E-state index contributed by atoms with van der Waals surface area (Å²) in [5, 5.41) is 39.4. The second kappa shape index (κ2) is 7.05. The zero-order valence-electron chi connectivity index (χ0n) is 17.8. The molecule has 4 atom stereocenters. The van der Waals surface area contributed by atoms with Gasteiger partial charge in [-0.05, 0) is 42.0 Å². The molecule has 4 rings (SSSR count). The molecule has 0 saturated carbocycles. The van der Waals surface area contributed by atoms with Gasteiger partial charge < -0.3 is 14.4 Å². The van der Waals surface area contributed by atoms with Crippen LogP contribution in [0.15, 0.2) is 48.5 Å². The van der Waals surface area contributed by atoms with Gasteiger partial charge >= 0.3 is 0 Å². The van der Waals surface area contributed by atoms with Crippen LogP contribution in [-0.2, 0) is 15.3 Å². The summed E-state index contributed by atoms with van der Waals surface area (Å²) in [6.45, 7) is 1.61. The first-order valence-electron chi connectivity index (χ1n) is 9.95. The fourth-order valence-electron chi connectivity index (χ4n) is 4.80. The number of nitrogens with one attached hydrogen (secondary N) is 1. The van der Waals surface area contributed by atoms with Crippen LogP contribution in [0.5, 0.6) is 0 Å². The molecule has 2 aromatic rings. The highest BCUT2D eigenvalue weighted by molar-refractivity contribution is 5.89. The Labute approximate surface area is 185 Å². The van der Waals surface area contributed by atoms with Crippen molar-refractivity contribution in [1.29, 1.82) is 21.2 Å². The first-order valence-corrected chi connectivity index (χ1v) is 9.95. The van der Waals surface area contributed by atoms with Crippen molar-refractivity contribution in [2.75, 3.05) is 19.0 Å². The van der Waals surface area contributed by atoms with E-state index in [4.69, 9.17) is 14.9 Å². The number of nitriles is 3. The molecule has 160 valence electrons. The van der Waals surface area contributed by atoms with Crippen LogP contribution in [0.4, 0.5) is 10.1 Å². The standard InChI is InChI=1S/C24H20FN5O2/c1-15-23(14-28)21(29)32-24(15,17-6-8-18(25)9-7-17)31-20(22(23,12-26)13-27)16-4-10-19(11-5-16)30(2)3/h4-11,15,20,29H,1-3H3. The number of hydrogen-bond acceptors (Lipinski definition) is 7. The number of fused-ring (bicyclic) bond motifs is 2. The molecule has 2 bridgehead atoms. The Morgan fingerprint density at radius 2 is 1.56 bits per heavy atom. The molecular weight excluding hydrogens is 409 g/mol. The van der Waals surface area contributed by atoms with Gasteiger partial charge in [-0.15, -0.1) is 0 Å². The second-order valence-corrected chi connectivity index (χ2v) is 8.26. The van der Waals surface area contributed by atoms with Crippen molar-refractivity contribution >= 4 is 11.6 Å². The second-order valence-electron chi connectivity index (χ2n) is 8.26. The minimum atomic E-state index is -2.04. The summed E-state index contributed by atoms with van der Waals surface area (Å²) in [4.78, 5) is 1.90. The molecular formula is C24H20FN5O2. The molecule has 2 aliphatic rings. The third kappa shape index (κ3) is 2.43. The van der Waals surface area contributed by atoms with Crippen molar-refractivity contribution in [1.82, 2.24) is 0 Å². The number of ether oxygens (including phenoxy) is 2. The number of rotatable bonds is 3. The predicted molar refractivity (Wildman–Crippen MR) is 112 cm³/mol. The Kier molecular flexibility index (Phi) is 4.70. The van der Waals surface area contributed by atoms with Gasteiger partial charge in [-0.1, -0.05) is 19.1 Å². The van der Waals surface area contributed by atoms with Gasteiger partial charge in [0.15, 0.2) is 5.41 Å². The maximum absolute atomic E-state index is 13.6. The van der Waals surface area contributed by atoms with Gasteiger partial charge in [0, 0.05) is 25.3 Å². The molecule has 2 aromatic carbocycles. The van der Waals surface area contributed by atoms with Crippen LogP contribution in [0.1, 0.15) is 24.2 Å². The third-order valence-electron chi connectivity index (χ3n) is 6.63. The van der Waals surface area contributed by atoms with Crippen molar-refractivity contribution in [2.24, 2.45) is 16.7 Å². The first kappa shape index (κ1) is 21.3. The molecule has 0 amide bonds. The molecule has 2 fully saturated rings. The van der Waals surface area contributed by atoms with E-state index in [1.165, 1.54) is 24.3 Å². The van der Waals surface area contributed by atoms with Gasteiger partial charge in [-0.25, -0.2) is 4.39 Å². The average Bonchev–Trinajstić information content (AvgIpc) is 2.96. The molecule has 0 aliphatic carbocycles. The lowest BCUT2D eigenvalue weighted by molar-refractivity contribution is -0.288. The van der Waals surface area contributed by atoms with E-state index in [0.717, 1.165) is 5.69 Å². The highest BCUT2D eigenvalue weighted by Crippen LogP contribution is 2.68. The van der Waals surface area contributed by atoms with Gasteiger partial charge in [0.05, 0.1) is 24.1 Å². The van der Waals surface area contributed by atoms with Crippen LogP contribution in [0.2, 0.25) is 0 Å². The van der Waals surface area contributed by atoms with Gasteiger partial charge in [0.1, 0.15) is 11.9 Å². The number of benzene rings is 2. The molecule has 0 spiro atoms. The summed E-state index contributed by atoms with van der Waals surface area (Å²) in [6.07, 6.45) is -1.20. The molecule has 8 heteroatoms. The van der Waals surface area contributed by atoms with Crippen molar-refractivity contribution in [3.8, 4) is 18.2 Å². The van der Waals surface area contributed by atoms with Gasteiger partial charge in [0.25, 0.3) is 0 Å². The number of nitrogens with zero attached hydrogens (tertiary/aromatic N) is 4. The van der Waals surface area contributed by atoms with Crippen LogP contribution in [0, 0.1) is 62.0 Å².